The van der Waals surface area contributed by atoms with Crippen molar-refractivity contribution >= 4 is 168 Å². The third-order valence-corrected chi connectivity index (χ3v) is 29.3. The van der Waals surface area contributed by atoms with E-state index in [4.69, 9.17) is 29.9 Å². The Balaban J connectivity index is 0.000000131. The number of aryl methyl sites for hydroxylation is 6. The largest absolute Gasteiger partial charge is 0.383 e. The van der Waals surface area contributed by atoms with Gasteiger partial charge in [0.25, 0.3) is 0 Å². The molecule has 0 saturated heterocycles. The predicted molar refractivity (Wildman–Crippen MR) is 530 cm³/mol. The molecule has 38 nitrogen and oxygen atoms in total. The molecule has 0 fully saturated rings. The van der Waals surface area contributed by atoms with Gasteiger partial charge in [-0.3, -0.25) is 41.8 Å². The third-order valence-electron chi connectivity index (χ3n) is 24.4. The number of sulfonamides is 3. The summed E-state index contributed by atoms with van der Waals surface area (Å²) in [6.07, 6.45) is 10.0. The molecular formula is C97H89F7N20O18P2S3. The van der Waals surface area contributed by atoms with Crippen molar-refractivity contribution < 1.29 is 103 Å². The zero-order valence-corrected chi connectivity index (χ0v) is 83.4. The van der Waals surface area contributed by atoms with Gasteiger partial charge in [0.1, 0.15) is 40.7 Å². The summed E-state index contributed by atoms with van der Waals surface area (Å²) in [4.78, 5) is 139. The van der Waals surface area contributed by atoms with Crippen LogP contribution in [0.15, 0.2) is 190 Å². The number of benzene rings is 5. The van der Waals surface area contributed by atoms with Gasteiger partial charge in [0.15, 0.2) is 28.2 Å². The van der Waals surface area contributed by atoms with Gasteiger partial charge in [-0.15, -0.1) is 0 Å². The monoisotopic (exact) mass is 2110 g/mol. The Kier molecular flexibility index (Phi) is 29.8. The van der Waals surface area contributed by atoms with Crippen molar-refractivity contribution in [3.05, 3.63) is 311 Å². The molecule has 0 radical (unpaired) electrons. The number of nitrogens with zero attached hydrogens (tertiary/aromatic N) is 17. The number of rotatable bonds is 23. The molecule has 1 unspecified atom stereocenters. The number of amides is 3. The number of carbonyl (C=O) groups excluding carboxylic acids is 3. The molecular weight excluding hydrogens is 2020 g/mol. The Bertz CT molecular complexity index is 8640. The van der Waals surface area contributed by atoms with Gasteiger partial charge in [-0.25, -0.2) is 131 Å². The topological polar surface area (TPSA) is 537 Å². The van der Waals surface area contributed by atoms with E-state index in [-0.39, 0.29) is 56.0 Å². The number of fused-ring (bicyclic) bond motifs is 15. The SMILES string of the molecule is CCCCn1c(=O)n(Cc2c(F)cc(S(N)(=O)=O)cc2F)c2c3ccc(C)nc3ncc21.COCCn1c(=O)n(Cc2c(F)cc(S(N)(=O)=O)cc2F)c2c3ccc(C)nc3ncc21.COP(=O)(O)c1ccc(CN2C(=O)Cc3cnc4nc(C)ccc4c32)cc1F.Cc1ccc2c3c(cnc2n1)CC(=O)N3Cc1c(F)cc(P(=O)(O)O)cc1F.Cc1ccc2c3c(cnc2n1)CC(=O)N3Cc1ccc(CS(N)(=O)=O)cc1. The smallest absolute Gasteiger partial charge is 0.361 e. The van der Waals surface area contributed by atoms with Crippen molar-refractivity contribution in [2.24, 2.45) is 15.4 Å². The maximum atomic E-state index is 14.7. The quantitative estimate of drug-likeness (QED) is 0.0256. The lowest BCUT2D eigenvalue weighted by molar-refractivity contribution is -0.118. The molecule has 0 saturated carbocycles. The minimum absolute atomic E-state index is 0.00786. The second-order valence-electron chi connectivity index (χ2n) is 34.7. The molecule has 3 amide bonds. The number of hydrogen-bond acceptors (Lipinski definition) is 25. The van der Waals surface area contributed by atoms with Crippen molar-refractivity contribution in [2.45, 2.75) is 135 Å². The molecule has 9 N–H and O–H groups in total. The number of unbranched alkanes of at least 4 members (excludes halogenated alkanes) is 1. The fourth-order valence-corrected chi connectivity index (χ4v) is 20.3. The first-order valence-electron chi connectivity index (χ1n) is 44.7. The van der Waals surface area contributed by atoms with Gasteiger partial charge >= 0.3 is 26.6 Å². The van der Waals surface area contributed by atoms with Gasteiger partial charge in [0.2, 0.25) is 47.8 Å². The highest BCUT2D eigenvalue weighted by atomic mass is 32.2. The number of methoxy groups -OCH3 is 1. The van der Waals surface area contributed by atoms with Crippen LogP contribution in [0.25, 0.3) is 77.2 Å². The van der Waals surface area contributed by atoms with Gasteiger partial charge in [-0.1, -0.05) is 43.7 Å². The molecule has 12 aromatic heterocycles. The van der Waals surface area contributed by atoms with E-state index >= 15 is 0 Å². The standard InChI is InChI=1S/C21H21F2N5O3S.C20H19F2N5O4S.C19H17FN3O4P.C19H18N4O3S.C18H14F2N3O4P/c1-3-4-7-27-18-10-25-20-14(6-5-12(2)26-20)19(18)28(21(27)29)11-15-16(22)8-13(9-17(15)23)32(24,30)31;1-11-3-4-13-18-17(9-24-19(13)25-11)26(5-6-31-2)20(28)27(18)10-14-15(21)7-12(8-16(14)22)32(23,29)30;1-11-3-5-14-18-13(9-21-19(14)22-11)8-17(24)23(18)10-12-4-6-16(15(20)7-12)28(25,26)27-2;1-12-2-7-16-18-15(9-21-19(16)22-12)8-17(24)23(18)10-13-3-5-14(6-4-13)11-27(20,25)26;1-9-2-3-12-17-10(7-21-18(12)22-9)4-16(24)23(17)8-13-14(19)5-11(6-15(13)20)28(25,26)27/h5-6,8-10H,3-4,7,11H2,1-2H3,(H2,24,30,31);3-4,7-9H,5-6,10H2,1-2H3,(H2,23,29,30);3-7,9H,8,10H2,1-2H3,(H,25,26);2-7,9H,8,10-11H2,1H3,(H2,20,25,26);2-3,5-7H,4,8H2,1H3,(H2,25,26,27). The highest BCUT2D eigenvalue weighted by Gasteiger charge is 2.37. The summed E-state index contributed by atoms with van der Waals surface area (Å²) in [6, 6.07) is 32.8. The Morgan fingerprint density at radius 1 is 0.395 bits per heavy atom. The maximum absolute atomic E-state index is 14.7. The third kappa shape index (κ3) is 22.2. The number of anilines is 3. The molecule has 3 aliphatic heterocycles. The van der Waals surface area contributed by atoms with Crippen LogP contribution >= 0.6 is 15.2 Å². The molecule has 50 heteroatoms. The van der Waals surface area contributed by atoms with E-state index in [1.807, 2.05) is 64.1 Å². The number of ether oxygens (including phenoxy) is 1. The zero-order chi connectivity index (χ0) is 106. The highest BCUT2D eigenvalue weighted by molar-refractivity contribution is 7.89. The Morgan fingerprint density at radius 3 is 1.08 bits per heavy atom. The summed E-state index contributed by atoms with van der Waals surface area (Å²) < 4.78 is 209. The van der Waals surface area contributed by atoms with Crippen LogP contribution < -0.4 is 52.1 Å². The number of carbonyl (C=O) groups is 3. The van der Waals surface area contributed by atoms with E-state index in [0.29, 0.717) is 150 Å². The van der Waals surface area contributed by atoms with Crippen LogP contribution in [-0.2, 0) is 134 Å². The number of aromatic nitrogens is 14. The van der Waals surface area contributed by atoms with Gasteiger partial charge in [0, 0.05) is 128 Å². The van der Waals surface area contributed by atoms with Crippen molar-refractivity contribution in [2.75, 3.05) is 35.5 Å². The second-order valence-corrected chi connectivity index (χ2v) is 43.0. The molecule has 762 valence electrons. The van der Waals surface area contributed by atoms with Crippen LogP contribution in [-0.4, -0.2) is 147 Å². The van der Waals surface area contributed by atoms with Crippen molar-refractivity contribution in [3.8, 4) is 0 Å². The summed E-state index contributed by atoms with van der Waals surface area (Å²) in [7, 11) is -18.6. The average molecular weight is 2110 g/mol. The molecule has 20 rings (SSSR count). The zero-order valence-electron chi connectivity index (χ0n) is 79.1. The molecule has 0 spiro atoms. The number of primary sulfonamides is 3. The van der Waals surface area contributed by atoms with E-state index in [0.717, 1.165) is 87.6 Å². The maximum Gasteiger partial charge on any atom is 0.361 e. The fourth-order valence-electron chi connectivity index (χ4n) is 17.3. The van der Waals surface area contributed by atoms with E-state index in [2.05, 4.69) is 54.4 Å². The molecule has 15 heterocycles. The number of nitrogens with two attached hydrogens (primary N) is 3. The van der Waals surface area contributed by atoms with E-state index in [9.17, 15) is 94.0 Å². The number of imidazole rings is 2. The lowest BCUT2D eigenvalue weighted by atomic mass is 10.1. The summed E-state index contributed by atoms with van der Waals surface area (Å²) in [5.41, 5.74) is 12.1. The summed E-state index contributed by atoms with van der Waals surface area (Å²) in [5.74, 6) is -8.29. The highest BCUT2D eigenvalue weighted by Crippen LogP contribution is 2.44. The van der Waals surface area contributed by atoms with Crippen LogP contribution in [0.5, 0.6) is 0 Å². The second kappa shape index (κ2) is 41.7. The van der Waals surface area contributed by atoms with Crippen LogP contribution in [0.2, 0.25) is 0 Å². The average Bonchev–Trinajstić information content (AvgIpc) is 1.56. The predicted octanol–water partition coefficient (Wildman–Crippen LogP) is 11.1. The first-order valence-corrected chi connectivity index (χ1v) is 52.7. The molecule has 17 aromatic rings. The minimum Gasteiger partial charge on any atom is -0.383 e. The van der Waals surface area contributed by atoms with Gasteiger partial charge in [-0.2, -0.15) is 0 Å². The van der Waals surface area contributed by atoms with Crippen molar-refractivity contribution in [1.29, 1.82) is 0 Å². The van der Waals surface area contributed by atoms with Gasteiger partial charge < -0.3 is 38.6 Å². The van der Waals surface area contributed by atoms with Crippen LogP contribution in [0, 0.1) is 75.3 Å². The van der Waals surface area contributed by atoms with Crippen LogP contribution in [0.1, 0.15) is 98.3 Å². The summed E-state index contributed by atoms with van der Waals surface area (Å²) >= 11 is 0. The van der Waals surface area contributed by atoms with Crippen molar-refractivity contribution in [3.63, 3.8) is 0 Å². The Hall–Kier alpha value is -14.7. The molecule has 0 bridgehead atoms. The van der Waals surface area contributed by atoms with Crippen LogP contribution in [0.3, 0.4) is 0 Å². The lowest BCUT2D eigenvalue weighted by Crippen LogP contribution is -2.28. The lowest BCUT2D eigenvalue weighted by Gasteiger charge is -2.20. The first kappa shape index (κ1) is 105. The van der Waals surface area contributed by atoms with E-state index in [1.165, 1.54) is 61.0 Å². The Labute approximate surface area is 831 Å². The van der Waals surface area contributed by atoms with Gasteiger partial charge in [0.05, 0.1) is 143 Å². The molecule has 0 aliphatic carbocycles. The Morgan fingerprint density at radius 2 is 0.728 bits per heavy atom. The number of hydrogen-bond donors (Lipinski definition) is 6. The minimum atomic E-state index is -4.81. The fraction of sp³-hybridized carbons (Fsp3) is 0.227. The van der Waals surface area contributed by atoms with Crippen molar-refractivity contribution in [1.82, 2.24) is 68.1 Å². The summed E-state index contributed by atoms with van der Waals surface area (Å²) in [6.45, 7) is 11.2. The van der Waals surface area contributed by atoms with E-state index in [1.54, 1.807) is 84.6 Å². The van der Waals surface area contributed by atoms with Gasteiger partial charge in [-0.05, 0) is 167 Å². The first-order chi connectivity index (χ1) is 69.5. The normalized spacial score (nSPS) is 13.5. The summed E-state index contributed by atoms with van der Waals surface area (Å²) in [5, 5.41) is 17.2. The van der Waals surface area contributed by atoms with E-state index < -0.39 is 154 Å². The number of pyridine rings is 10. The molecule has 1 atom stereocenters. The number of halogens is 7. The molecule has 5 aromatic carbocycles. The molecule has 3 aliphatic rings. The van der Waals surface area contributed by atoms with Crippen LogP contribution in [0.4, 0.5) is 47.8 Å². The molecule has 147 heavy (non-hydrogen) atoms.